The molecule has 0 aromatic heterocycles. The Morgan fingerprint density at radius 3 is 2.50 bits per heavy atom. The number of carbonyl (C=O) groups excluding carboxylic acids is 1. The van der Waals surface area contributed by atoms with Gasteiger partial charge in [-0.15, -0.1) is 0 Å². The quantitative estimate of drug-likeness (QED) is 0.429. The van der Waals surface area contributed by atoms with Crippen LogP contribution in [0.4, 0.5) is 0 Å². The second-order valence-electron chi connectivity index (χ2n) is 3.63. The van der Waals surface area contributed by atoms with Crippen molar-refractivity contribution in [2.45, 2.75) is 13.8 Å². The highest BCUT2D eigenvalue weighted by molar-refractivity contribution is 7.89. The Labute approximate surface area is 108 Å². The van der Waals surface area contributed by atoms with Gasteiger partial charge in [0.15, 0.2) is 0 Å². The fraction of sp³-hybridized carbons (Fsp3) is 0.417. The third-order valence-electron chi connectivity index (χ3n) is 2.01. The lowest BCUT2D eigenvalue weighted by Crippen LogP contribution is -2.26. The Morgan fingerprint density at radius 2 is 2.00 bits per heavy atom. The molecule has 0 rings (SSSR count). The second kappa shape index (κ2) is 7.84. The molecular weight excluding hydrogens is 254 g/mol. The molecule has 0 atom stereocenters. The summed E-state index contributed by atoms with van der Waals surface area (Å²) in [7, 11) is -1.92. The zero-order valence-corrected chi connectivity index (χ0v) is 11.7. The van der Waals surface area contributed by atoms with Crippen molar-refractivity contribution in [1.82, 2.24) is 4.72 Å². The molecule has 0 heterocycles. The molecule has 0 aliphatic heterocycles. The number of hydrogen-bond acceptors (Lipinski definition) is 4. The van der Waals surface area contributed by atoms with E-state index in [0.29, 0.717) is 5.57 Å². The van der Waals surface area contributed by atoms with Gasteiger partial charge in [-0.1, -0.05) is 24.3 Å². The van der Waals surface area contributed by atoms with Crippen LogP contribution in [0.1, 0.15) is 13.8 Å². The summed E-state index contributed by atoms with van der Waals surface area (Å²) in [5, 5.41) is 0. The van der Waals surface area contributed by atoms with Gasteiger partial charge >= 0.3 is 5.97 Å². The summed E-state index contributed by atoms with van der Waals surface area (Å²) in [6, 6.07) is 0. The van der Waals surface area contributed by atoms with Crippen molar-refractivity contribution in [2.75, 3.05) is 19.4 Å². The van der Waals surface area contributed by atoms with Gasteiger partial charge in [-0.2, -0.15) is 0 Å². The van der Waals surface area contributed by atoms with E-state index in [1.807, 2.05) is 0 Å². The number of ether oxygens (including phenoxy) is 1. The molecular formula is C12H19NO4S. The van der Waals surface area contributed by atoms with Crippen LogP contribution in [0, 0.1) is 0 Å². The van der Waals surface area contributed by atoms with E-state index >= 15 is 0 Å². The number of nitrogens with one attached hydrogen (secondary N) is 1. The average molecular weight is 273 g/mol. The summed E-state index contributed by atoms with van der Waals surface area (Å²) >= 11 is 0. The van der Waals surface area contributed by atoms with Gasteiger partial charge in [0.1, 0.15) is 0 Å². The van der Waals surface area contributed by atoms with Crippen LogP contribution in [0.3, 0.4) is 0 Å². The van der Waals surface area contributed by atoms with Crippen LogP contribution in [-0.2, 0) is 19.6 Å². The first-order chi connectivity index (χ1) is 8.30. The lowest BCUT2D eigenvalue weighted by Gasteiger charge is -2.04. The molecule has 1 N–H and O–H groups in total. The minimum atomic E-state index is -3.21. The summed E-state index contributed by atoms with van der Waals surface area (Å²) < 4.78 is 29.2. The smallest absolute Gasteiger partial charge is 0.330 e. The Morgan fingerprint density at radius 1 is 1.39 bits per heavy atom. The van der Waals surface area contributed by atoms with E-state index in [1.54, 1.807) is 26.0 Å². The molecule has 0 aliphatic rings. The van der Waals surface area contributed by atoms with Gasteiger partial charge in [0, 0.05) is 12.6 Å². The normalized spacial score (nSPS) is 12.7. The van der Waals surface area contributed by atoms with E-state index in [2.05, 4.69) is 16.0 Å². The molecule has 102 valence electrons. The van der Waals surface area contributed by atoms with E-state index in [9.17, 15) is 13.2 Å². The van der Waals surface area contributed by atoms with Crippen molar-refractivity contribution in [1.29, 1.82) is 0 Å². The van der Waals surface area contributed by atoms with Crippen LogP contribution in [0.15, 0.2) is 36.0 Å². The first kappa shape index (κ1) is 16.6. The highest BCUT2D eigenvalue weighted by atomic mass is 32.2. The lowest BCUT2D eigenvalue weighted by molar-refractivity contribution is -0.134. The van der Waals surface area contributed by atoms with E-state index in [0.717, 1.165) is 5.57 Å². The highest BCUT2D eigenvalue weighted by Gasteiger charge is 2.05. The fourth-order valence-corrected chi connectivity index (χ4v) is 1.60. The minimum Gasteiger partial charge on any atom is -0.466 e. The second-order valence-corrected chi connectivity index (χ2v) is 5.72. The van der Waals surface area contributed by atoms with Gasteiger partial charge in [-0.25, -0.2) is 17.9 Å². The van der Waals surface area contributed by atoms with Gasteiger partial charge in [0.05, 0.1) is 12.9 Å². The maximum Gasteiger partial charge on any atom is 0.330 e. The van der Waals surface area contributed by atoms with Crippen molar-refractivity contribution in [3.05, 3.63) is 36.0 Å². The fourth-order valence-electron chi connectivity index (χ4n) is 0.993. The van der Waals surface area contributed by atoms with Crippen LogP contribution in [-0.4, -0.2) is 33.8 Å². The van der Waals surface area contributed by atoms with Crippen LogP contribution in [0.25, 0.3) is 0 Å². The van der Waals surface area contributed by atoms with E-state index in [1.165, 1.54) is 13.2 Å². The molecule has 0 fully saturated rings. The molecule has 0 unspecified atom stereocenters. The lowest BCUT2D eigenvalue weighted by atomic mass is 10.2. The van der Waals surface area contributed by atoms with E-state index < -0.39 is 16.0 Å². The Kier molecular flexibility index (Phi) is 7.23. The first-order valence-electron chi connectivity index (χ1n) is 5.40. The maximum atomic E-state index is 11.2. The number of esters is 1. The Bertz CT molecular complexity index is 460. The summed E-state index contributed by atoms with van der Waals surface area (Å²) in [4.78, 5) is 10.8. The number of hydrogen-bond donors (Lipinski definition) is 1. The molecule has 0 spiro atoms. The Balaban J connectivity index is 4.38. The van der Waals surface area contributed by atoms with Gasteiger partial charge in [-0.3, -0.25) is 0 Å². The summed E-state index contributed by atoms with van der Waals surface area (Å²) in [5.41, 5.74) is 1.39. The van der Waals surface area contributed by atoms with Gasteiger partial charge in [-0.05, 0) is 19.4 Å². The molecule has 0 aromatic carbocycles. The molecule has 0 radical (unpaired) electrons. The predicted molar refractivity (Wildman–Crippen MR) is 71.5 cm³/mol. The van der Waals surface area contributed by atoms with Crippen LogP contribution >= 0.6 is 0 Å². The zero-order valence-electron chi connectivity index (χ0n) is 10.9. The largest absolute Gasteiger partial charge is 0.466 e. The van der Waals surface area contributed by atoms with E-state index in [-0.39, 0.29) is 12.3 Å². The minimum absolute atomic E-state index is 0.0330. The third kappa shape index (κ3) is 7.81. The van der Waals surface area contributed by atoms with Gasteiger partial charge < -0.3 is 4.74 Å². The number of carbonyl (C=O) groups is 1. The van der Waals surface area contributed by atoms with Crippen molar-refractivity contribution in [3.8, 4) is 0 Å². The van der Waals surface area contributed by atoms with Crippen molar-refractivity contribution < 1.29 is 17.9 Å². The van der Waals surface area contributed by atoms with Crippen LogP contribution < -0.4 is 4.72 Å². The molecule has 0 saturated carbocycles. The van der Waals surface area contributed by atoms with Crippen molar-refractivity contribution in [3.63, 3.8) is 0 Å². The summed E-state index contributed by atoms with van der Waals surface area (Å²) in [6.07, 6.45) is 4.55. The molecule has 0 saturated heterocycles. The number of methoxy groups -OCH3 is 1. The molecule has 0 amide bonds. The highest BCUT2D eigenvalue weighted by Crippen LogP contribution is 2.02. The molecule has 18 heavy (non-hydrogen) atoms. The van der Waals surface area contributed by atoms with Crippen LogP contribution in [0.2, 0.25) is 0 Å². The standard InChI is InChI=1S/C12H19NO4S/c1-5-18(15,16)13-9-11(3)8-10(2)6-7-12(14)17-4/h6-8,13H,3,5,9H2,1-2,4H3/b7-6+,10-8+. The number of rotatable bonds is 7. The third-order valence-corrected chi connectivity index (χ3v) is 3.36. The summed E-state index contributed by atoms with van der Waals surface area (Å²) in [6.45, 7) is 7.22. The Hall–Kier alpha value is -1.40. The summed E-state index contributed by atoms with van der Waals surface area (Å²) in [5.74, 6) is -0.411. The zero-order chi connectivity index (χ0) is 14.2. The monoisotopic (exact) mass is 273 g/mol. The van der Waals surface area contributed by atoms with Gasteiger partial charge in [0.25, 0.3) is 0 Å². The molecule has 0 aromatic rings. The van der Waals surface area contributed by atoms with E-state index in [4.69, 9.17) is 0 Å². The van der Waals surface area contributed by atoms with Gasteiger partial charge in [0.2, 0.25) is 10.0 Å². The number of sulfonamides is 1. The predicted octanol–water partition coefficient (Wildman–Crippen LogP) is 1.16. The molecule has 5 nitrogen and oxygen atoms in total. The average Bonchev–Trinajstić information content (AvgIpc) is 2.33. The van der Waals surface area contributed by atoms with Crippen molar-refractivity contribution >= 4 is 16.0 Å². The van der Waals surface area contributed by atoms with Crippen molar-refractivity contribution in [2.24, 2.45) is 0 Å². The molecule has 0 aliphatic carbocycles. The molecule has 0 bridgehead atoms. The SMILES string of the molecule is C=C(/C=C(C)/C=C/C(=O)OC)CNS(=O)(=O)CC. The number of allylic oxidation sites excluding steroid dienone is 2. The first-order valence-corrected chi connectivity index (χ1v) is 7.05. The molecule has 6 heteroatoms. The maximum absolute atomic E-state index is 11.2. The van der Waals surface area contributed by atoms with Crippen LogP contribution in [0.5, 0.6) is 0 Å². The topological polar surface area (TPSA) is 72.5 Å².